The standard InChI is InChI=1S/C37H42N10O3/c1-37(2,46-18-16-44(17-19-46)29-23-50-24-29)20-27(21-38)36(49)45-15-5-6-28(22-45)47-30-12-14-41-34(39)32(30)33(43-47)25-8-10-26(11-9-25)35(48)42-31-7-3-4-13-40-31/h3-4,7-14,20,28-29H,5-6,15-19,22-24H2,1-2H3,(H2,39,41)(H,40,42,48)/t28-/m1/s1. The number of fused-ring (bicyclic) bond motifs is 1. The summed E-state index contributed by atoms with van der Waals surface area (Å²) in [4.78, 5) is 41.8. The van der Waals surface area contributed by atoms with Gasteiger partial charge in [0.2, 0.25) is 0 Å². The Morgan fingerprint density at radius 1 is 1.00 bits per heavy atom. The highest BCUT2D eigenvalue weighted by Crippen LogP contribution is 2.35. The van der Waals surface area contributed by atoms with E-state index in [9.17, 15) is 14.9 Å². The van der Waals surface area contributed by atoms with Crippen LogP contribution in [0.2, 0.25) is 0 Å². The van der Waals surface area contributed by atoms with Gasteiger partial charge in [0.1, 0.15) is 29.0 Å². The van der Waals surface area contributed by atoms with Crippen LogP contribution in [0.3, 0.4) is 0 Å². The van der Waals surface area contributed by atoms with Crippen molar-refractivity contribution in [2.75, 3.05) is 63.5 Å². The molecule has 3 aliphatic heterocycles. The number of hydrogen-bond donors (Lipinski definition) is 2. The molecule has 13 heteroatoms. The van der Waals surface area contributed by atoms with Gasteiger partial charge >= 0.3 is 0 Å². The second-order valence-corrected chi connectivity index (χ2v) is 13.7. The average Bonchev–Trinajstić information content (AvgIpc) is 3.51. The number of pyridine rings is 2. The van der Waals surface area contributed by atoms with E-state index in [-0.39, 0.29) is 23.4 Å². The number of hydrogen-bond acceptors (Lipinski definition) is 10. The molecular weight excluding hydrogens is 632 g/mol. The number of nitrogens with two attached hydrogens (primary N) is 1. The van der Waals surface area contributed by atoms with Gasteiger partial charge in [-0.15, -0.1) is 0 Å². The first-order valence-corrected chi connectivity index (χ1v) is 17.2. The number of piperidine rings is 1. The SMILES string of the molecule is CC(C)(C=C(C#N)C(=O)N1CCC[C@@H](n2nc(-c3ccc(C(=O)Nc4ccccn4)cc3)c3c(N)nccc32)C1)N1CCN(C2COC2)CC1. The molecule has 1 atom stereocenters. The summed E-state index contributed by atoms with van der Waals surface area (Å²) in [5.41, 5.74) is 8.86. The zero-order chi connectivity index (χ0) is 34.8. The van der Waals surface area contributed by atoms with E-state index in [1.54, 1.807) is 41.6 Å². The Labute approximate surface area is 291 Å². The fraction of sp³-hybridized carbons (Fsp3) is 0.405. The lowest BCUT2D eigenvalue weighted by molar-refractivity contribution is -0.128. The Balaban J connectivity index is 1.09. The van der Waals surface area contributed by atoms with E-state index in [0.717, 1.165) is 63.3 Å². The number of nitrogen functional groups attached to an aromatic ring is 1. The number of likely N-dealkylation sites (tertiary alicyclic amines) is 1. The number of carbonyl (C=O) groups is 2. The van der Waals surface area contributed by atoms with E-state index in [1.807, 2.05) is 35.0 Å². The predicted molar refractivity (Wildman–Crippen MR) is 190 cm³/mol. The molecule has 7 rings (SSSR count). The van der Waals surface area contributed by atoms with Crippen LogP contribution in [0.15, 0.2) is 72.6 Å². The van der Waals surface area contributed by atoms with Crippen LogP contribution in [0.4, 0.5) is 11.6 Å². The number of nitriles is 1. The van der Waals surface area contributed by atoms with Crippen molar-refractivity contribution in [1.29, 1.82) is 5.26 Å². The molecule has 0 unspecified atom stereocenters. The molecule has 13 nitrogen and oxygen atoms in total. The van der Waals surface area contributed by atoms with Crippen LogP contribution in [-0.2, 0) is 9.53 Å². The topological polar surface area (TPSA) is 159 Å². The number of carbonyl (C=O) groups excluding carboxylic acids is 2. The fourth-order valence-corrected chi connectivity index (χ4v) is 7.19. The van der Waals surface area contributed by atoms with E-state index in [1.165, 1.54) is 0 Å². The maximum Gasteiger partial charge on any atom is 0.264 e. The van der Waals surface area contributed by atoms with Gasteiger partial charge in [-0.25, -0.2) is 9.97 Å². The van der Waals surface area contributed by atoms with Crippen LogP contribution in [0, 0.1) is 11.3 Å². The molecule has 3 aliphatic rings. The van der Waals surface area contributed by atoms with E-state index in [2.05, 4.69) is 45.0 Å². The first-order chi connectivity index (χ1) is 24.2. The van der Waals surface area contributed by atoms with Gasteiger partial charge in [0.15, 0.2) is 0 Å². The summed E-state index contributed by atoms with van der Waals surface area (Å²) >= 11 is 0. The molecule has 3 N–H and O–H groups in total. The Morgan fingerprint density at radius 3 is 2.46 bits per heavy atom. The summed E-state index contributed by atoms with van der Waals surface area (Å²) in [7, 11) is 0. The summed E-state index contributed by atoms with van der Waals surface area (Å²) < 4.78 is 7.31. The molecule has 0 bridgehead atoms. The average molecular weight is 675 g/mol. The van der Waals surface area contributed by atoms with Crippen LogP contribution in [0.25, 0.3) is 22.2 Å². The Morgan fingerprint density at radius 2 is 1.78 bits per heavy atom. The molecule has 4 aromatic rings. The molecule has 1 aromatic carbocycles. The lowest BCUT2D eigenvalue weighted by Gasteiger charge is -2.46. The third-order valence-corrected chi connectivity index (χ3v) is 10.1. The van der Waals surface area contributed by atoms with Gasteiger partial charge in [0.25, 0.3) is 11.8 Å². The van der Waals surface area contributed by atoms with Crippen LogP contribution in [-0.4, -0.2) is 110 Å². The van der Waals surface area contributed by atoms with Gasteiger partial charge in [-0.05, 0) is 63.1 Å². The van der Waals surface area contributed by atoms with Gasteiger partial charge in [-0.1, -0.05) is 18.2 Å². The van der Waals surface area contributed by atoms with E-state index in [4.69, 9.17) is 15.6 Å². The summed E-state index contributed by atoms with van der Waals surface area (Å²) in [6, 6.07) is 17.0. The Bertz CT molecular complexity index is 1940. The molecule has 0 aliphatic carbocycles. The van der Waals surface area contributed by atoms with Crippen molar-refractivity contribution in [3.05, 3.63) is 78.1 Å². The molecule has 0 radical (unpaired) electrons. The van der Waals surface area contributed by atoms with Gasteiger partial charge < -0.3 is 20.7 Å². The van der Waals surface area contributed by atoms with Gasteiger partial charge in [-0.2, -0.15) is 10.4 Å². The minimum Gasteiger partial charge on any atom is -0.383 e. The monoisotopic (exact) mass is 674 g/mol. The van der Waals surface area contributed by atoms with Crippen molar-refractivity contribution >= 4 is 34.4 Å². The quantitative estimate of drug-likeness (QED) is 0.208. The van der Waals surface area contributed by atoms with E-state index < -0.39 is 5.54 Å². The van der Waals surface area contributed by atoms with Crippen LogP contribution < -0.4 is 11.1 Å². The van der Waals surface area contributed by atoms with Gasteiger partial charge in [0, 0.05) is 68.3 Å². The number of amides is 2. The minimum atomic E-state index is -0.454. The zero-order valence-electron chi connectivity index (χ0n) is 28.5. The normalized spacial score (nSPS) is 19.6. The highest BCUT2D eigenvalue weighted by atomic mass is 16.5. The lowest BCUT2D eigenvalue weighted by Crippen LogP contribution is -2.59. The molecule has 3 fully saturated rings. The third-order valence-electron chi connectivity index (χ3n) is 10.1. The van der Waals surface area contributed by atoms with Crippen molar-refractivity contribution in [1.82, 2.24) is 34.4 Å². The molecule has 0 spiro atoms. The molecule has 2 amide bonds. The summed E-state index contributed by atoms with van der Waals surface area (Å²) in [5.74, 6) is 0.297. The fourth-order valence-electron chi connectivity index (χ4n) is 7.19. The first kappa shape index (κ1) is 33.3. The number of aromatic nitrogens is 4. The zero-order valence-corrected chi connectivity index (χ0v) is 28.5. The second-order valence-electron chi connectivity index (χ2n) is 13.7. The third kappa shape index (κ3) is 6.69. The van der Waals surface area contributed by atoms with Crippen molar-refractivity contribution in [3.63, 3.8) is 0 Å². The van der Waals surface area contributed by atoms with Crippen molar-refractivity contribution in [3.8, 4) is 17.3 Å². The van der Waals surface area contributed by atoms with Crippen molar-refractivity contribution < 1.29 is 14.3 Å². The van der Waals surface area contributed by atoms with Crippen LogP contribution in [0.5, 0.6) is 0 Å². The van der Waals surface area contributed by atoms with Crippen LogP contribution >= 0.6 is 0 Å². The Kier molecular flexibility index (Phi) is 9.33. The highest BCUT2D eigenvalue weighted by molar-refractivity contribution is 6.05. The van der Waals surface area contributed by atoms with Gasteiger partial charge in [-0.3, -0.25) is 24.1 Å². The summed E-state index contributed by atoms with van der Waals surface area (Å²) in [5, 5.41) is 18.7. The highest BCUT2D eigenvalue weighted by Gasteiger charge is 2.35. The first-order valence-electron chi connectivity index (χ1n) is 17.2. The van der Waals surface area contributed by atoms with Crippen molar-refractivity contribution in [2.24, 2.45) is 0 Å². The molecule has 258 valence electrons. The number of ether oxygens (including phenoxy) is 1. The molecule has 0 saturated carbocycles. The maximum atomic E-state index is 13.9. The number of piperazine rings is 1. The van der Waals surface area contributed by atoms with E-state index >= 15 is 0 Å². The second kappa shape index (κ2) is 14.0. The van der Waals surface area contributed by atoms with Crippen molar-refractivity contribution in [2.45, 2.75) is 44.3 Å². The number of nitrogens with zero attached hydrogens (tertiary/aromatic N) is 8. The molecule has 50 heavy (non-hydrogen) atoms. The summed E-state index contributed by atoms with van der Waals surface area (Å²) in [6.45, 7) is 10.4. The summed E-state index contributed by atoms with van der Waals surface area (Å²) in [6.07, 6.45) is 6.70. The smallest absolute Gasteiger partial charge is 0.264 e. The maximum absolute atomic E-state index is 13.9. The molecule has 3 saturated heterocycles. The minimum absolute atomic E-state index is 0.134. The molecule has 3 aromatic heterocycles. The van der Waals surface area contributed by atoms with Crippen LogP contribution in [0.1, 0.15) is 43.1 Å². The molecular formula is C37H42N10O3. The largest absolute Gasteiger partial charge is 0.383 e. The van der Waals surface area contributed by atoms with E-state index in [0.29, 0.717) is 47.4 Å². The Hall–Kier alpha value is -5.16. The molecule has 6 heterocycles. The number of rotatable bonds is 8. The number of benzene rings is 1. The number of anilines is 2. The van der Waals surface area contributed by atoms with Gasteiger partial charge in [0.05, 0.1) is 36.2 Å². The predicted octanol–water partition coefficient (Wildman–Crippen LogP) is 3.74. The number of nitrogens with one attached hydrogen (secondary N) is 1. The lowest BCUT2D eigenvalue weighted by atomic mass is 9.96.